The van der Waals surface area contributed by atoms with Crippen LogP contribution in [0.2, 0.25) is 0 Å². The smallest absolute Gasteiger partial charge is 0.225 e. The molecule has 1 saturated heterocycles. The number of likely N-dealkylation sites (N-methyl/N-ethyl adjacent to an activating group) is 2. The van der Waals surface area contributed by atoms with E-state index in [0.29, 0.717) is 13.0 Å². The zero-order valence-electron chi connectivity index (χ0n) is 12.1. The van der Waals surface area contributed by atoms with Gasteiger partial charge in [-0.25, -0.2) is 0 Å². The van der Waals surface area contributed by atoms with Gasteiger partial charge in [-0.1, -0.05) is 0 Å². The minimum absolute atomic E-state index is 0.0341. The van der Waals surface area contributed by atoms with Gasteiger partial charge in [0.05, 0.1) is 19.1 Å². The fourth-order valence-electron chi connectivity index (χ4n) is 2.42. The van der Waals surface area contributed by atoms with Crippen molar-refractivity contribution in [2.75, 3.05) is 46.9 Å². The minimum atomic E-state index is 0.0341. The number of carbonyl (C=O) groups is 1. The lowest BCUT2D eigenvalue weighted by atomic mass is 10.1. The lowest BCUT2D eigenvalue weighted by Gasteiger charge is -2.32. The third-order valence-corrected chi connectivity index (χ3v) is 3.23. The average Bonchev–Trinajstić information content (AvgIpc) is 2.30. The summed E-state index contributed by atoms with van der Waals surface area (Å²) in [6.07, 6.45) is 0.519. The maximum atomic E-state index is 12.3. The molecule has 1 aliphatic heterocycles. The molecule has 1 aliphatic rings. The number of hydrogen-bond acceptors (Lipinski definition) is 4. The number of hydrogen-bond donors (Lipinski definition) is 1. The number of morpholine rings is 1. The van der Waals surface area contributed by atoms with E-state index in [-0.39, 0.29) is 18.1 Å². The third-order valence-electron chi connectivity index (χ3n) is 3.23. The lowest BCUT2D eigenvalue weighted by molar-refractivity contribution is -0.136. The average molecular weight is 257 g/mol. The van der Waals surface area contributed by atoms with E-state index in [9.17, 15) is 4.79 Å². The van der Waals surface area contributed by atoms with Crippen LogP contribution in [0, 0.1) is 0 Å². The Hall–Kier alpha value is -0.650. The van der Waals surface area contributed by atoms with E-state index >= 15 is 0 Å². The number of amides is 1. The van der Waals surface area contributed by atoms with Crippen LogP contribution in [-0.2, 0) is 9.53 Å². The maximum absolute atomic E-state index is 12.3. The first-order valence-electron chi connectivity index (χ1n) is 6.81. The van der Waals surface area contributed by atoms with E-state index < -0.39 is 0 Å². The SMILES string of the molecule is CCN(C(=O)CC1CNCCO1)C(C)CN(C)C. The van der Waals surface area contributed by atoms with Gasteiger partial charge < -0.3 is 19.9 Å². The monoisotopic (exact) mass is 257 g/mol. The van der Waals surface area contributed by atoms with Crippen molar-refractivity contribution < 1.29 is 9.53 Å². The van der Waals surface area contributed by atoms with Crippen LogP contribution in [0.3, 0.4) is 0 Å². The Balaban J connectivity index is 2.45. The van der Waals surface area contributed by atoms with Crippen molar-refractivity contribution in [3.8, 4) is 0 Å². The molecule has 1 N–H and O–H groups in total. The summed E-state index contributed by atoms with van der Waals surface area (Å²) in [7, 11) is 4.06. The van der Waals surface area contributed by atoms with Crippen molar-refractivity contribution >= 4 is 5.91 Å². The molecular weight excluding hydrogens is 230 g/mol. The van der Waals surface area contributed by atoms with E-state index in [2.05, 4.69) is 17.1 Å². The summed E-state index contributed by atoms with van der Waals surface area (Å²) >= 11 is 0. The van der Waals surface area contributed by atoms with Gasteiger partial charge in [-0.15, -0.1) is 0 Å². The molecule has 2 unspecified atom stereocenters. The normalized spacial score (nSPS) is 21.9. The Morgan fingerprint density at radius 2 is 2.22 bits per heavy atom. The molecule has 0 aromatic heterocycles. The first kappa shape index (κ1) is 15.4. The van der Waals surface area contributed by atoms with Gasteiger partial charge in [0.1, 0.15) is 0 Å². The zero-order chi connectivity index (χ0) is 13.5. The Bertz CT molecular complexity index is 253. The fraction of sp³-hybridized carbons (Fsp3) is 0.923. The van der Waals surface area contributed by atoms with Crippen LogP contribution in [-0.4, -0.2) is 74.7 Å². The molecule has 0 spiro atoms. The summed E-state index contributed by atoms with van der Waals surface area (Å²) in [6, 6.07) is 0.244. The number of carbonyl (C=O) groups excluding carboxylic acids is 1. The number of ether oxygens (including phenoxy) is 1. The second-order valence-electron chi connectivity index (χ2n) is 5.19. The second kappa shape index (κ2) is 7.71. The molecule has 0 aromatic rings. The minimum Gasteiger partial charge on any atom is -0.375 e. The number of nitrogens with one attached hydrogen (secondary N) is 1. The van der Waals surface area contributed by atoms with Gasteiger partial charge in [-0.3, -0.25) is 4.79 Å². The summed E-state index contributed by atoms with van der Waals surface area (Å²) in [5.41, 5.74) is 0. The van der Waals surface area contributed by atoms with Crippen molar-refractivity contribution in [2.45, 2.75) is 32.4 Å². The Labute approximate surface area is 110 Å². The van der Waals surface area contributed by atoms with Crippen molar-refractivity contribution in [3.05, 3.63) is 0 Å². The van der Waals surface area contributed by atoms with Crippen LogP contribution in [0.15, 0.2) is 0 Å². The Morgan fingerprint density at radius 3 is 2.72 bits per heavy atom. The molecule has 1 rings (SSSR count). The van der Waals surface area contributed by atoms with Crippen LogP contribution in [0.25, 0.3) is 0 Å². The standard InChI is InChI=1S/C13H27N3O2/c1-5-16(11(2)10-15(3)4)13(17)8-12-9-14-6-7-18-12/h11-12,14H,5-10H2,1-4H3. The van der Waals surface area contributed by atoms with Crippen LogP contribution < -0.4 is 5.32 Å². The quantitative estimate of drug-likeness (QED) is 0.736. The molecule has 1 amide bonds. The Kier molecular flexibility index (Phi) is 6.60. The molecule has 1 heterocycles. The summed E-state index contributed by atoms with van der Waals surface area (Å²) in [4.78, 5) is 16.3. The fourth-order valence-corrected chi connectivity index (χ4v) is 2.42. The molecule has 18 heavy (non-hydrogen) atoms. The molecule has 1 fully saturated rings. The van der Waals surface area contributed by atoms with Crippen molar-refractivity contribution in [3.63, 3.8) is 0 Å². The highest BCUT2D eigenvalue weighted by atomic mass is 16.5. The molecule has 0 aliphatic carbocycles. The van der Waals surface area contributed by atoms with Crippen LogP contribution in [0.1, 0.15) is 20.3 Å². The van der Waals surface area contributed by atoms with Gasteiger partial charge in [-0.05, 0) is 27.9 Å². The highest BCUT2D eigenvalue weighted by molar-refractivity contribution is 5.77. The van der Waals surface area contributed by atoms with Gasteiger partial charge in [0.2, 0.25) is 5.91 Å². The second-order valence-corrected chi connectivity index (χ2v) is 5.19. The summed E-state index contributed by atoms with van der Waals surface area (Å²) in [5.74, 6) is 0.195. The van der Waals surface area contributed by atoms with Crippen LogP contribution in [0.5, 0.6) is 0 Å². The van der Waals surface area contributed by atoms with E-state index in [0.717, 1.165) is 26.2 Å². The highest BCUT2D eigenvalue weighted by Crippen LogP contribution is 2.08. The van der Waals surface area contributed by atoms with Crippen molar-refractivity contribution in [1.29, 1.82) is 0 Å². The molecule has 2 atom stereocenters. The number of rotatable bonds is 6. The van der Waals surface area contributed by atoms with E-state index in [4.69, 9.17) is 4.74 Å². The molecular formula is C13H27N3O2. The topological polar surface area (TPSA) is 44.8 Å². The van der Waals surface area contributed by atoms with Gasteiger partial charge in [0.15, 0.2) is 0 Å². The molecule has 0 bridgehead atoms. The van der Waals surface area contributed by atoms with Gasteiger partial charge in [0, 0.05) is 32.2 Å². The molecule has 0 aromatic carbocycles. The Morgan fingerprint density at radius 1 is 1.50 bits per heavy atom. The predicted octanol–water partition coefficient (Wildman–Crippen LogP) is 0.164. The third kappa shape index (κ3) is 4.92. The molecule has 5 heteroatoms. The van der Waals surface area contributed by atoms with E-state index in [1.165, 1.54) is 0 Å². The summed E-state index contributed by atoms with van der Waals surface area (Å²) in [5, 5.41) is 3.25. The van der Waals surface area contributed by atoms with Gasteiger partial charge in [-0.2, -0.15) is 0 Å². The van der Waals surface area contributed by atoms with Crippen molar-refractivity contribution in [2.24, 2.45) is 0 Å². The zero-order valence-corrected chi connectivity index (χ0v) is 12.1. The molecule has 106 valence electrons. The van der Waals surface area contributed by atoms with Gasteiger partial charge in [0.25, 0.3) is 0 Å². The van der Waals surface area contributed by atoms with Gasteiger partial charge >= 0.3 is 0 Å². The largest absolute Gasteiger partial charge is 0.375 e. The lowest BCUT2D eigenvalue weighted by Crippen LogP contribution is -2.47. The first-order valence-corrected chi connectivity index (χ1v) is 6.81. The van der Waals surface area contributed by atoms with Crippen LogP contribution in [0.4, 0.5) is 0 Å². The number of nitrogens with zero attached hydrogens (tertiary/aromatic N) is 2. The maximum Gasteiger partial charge on any atom is 0.225 e. The predicted molar refractivity (Wildman–Crippen MR) is 72.6 cm³/mol. The molecule has 0 radical (unpaired) electrons. The molecule has 0 saturated carbocycles. The van der Waals surface area contributed by atoms with E-state index in [1.807, 2.05) is 25.9 Å². The summed E-state index contributed by atoms with van der Waals surface area (Å²) in [6.45, 7) is 8.16. The highest BCUT2D eigenvalue weighted by Gasteiger charge is 2.23. The van der Waals surface area contributed by atoms with Crippen LogP contribution >= 0.6 is 0 Å². The summed E-state index contributed by atoms with van der Waals surface area (Å²) < 4.78 is 5.58. The first-order chi connectivity index (χ1) is 8.54. The molecule has 5 nitrogen and oxygen atoms in total. The van der Waals surface area contributed by atoms with E-state index in [1.54, 1.807) is 0 Å². The van der Waals surface area contributed by atoms with Crippen molar-refractivity contribution in [1.82, 2.24) is 15.1 Å².